The molecule has 2 aromatic rings. The van der Waals surface area contributed by atoms with Gasteiger partial charge in [0, 0.05) is 18.6 Å². The van der Waals surface area contributed by atoms with Gasteiger partial charge in [-0.15, -0.1) is 5.10 Å². The molecule has 0 bridgehead atoms. The van der Waals surface area contributed by atoms with E-state index in [2.05, 4.69) is 10.3 Å². The van der Waals surface area contributed by atoms with E-state index in [0.717, 1.165) is 19.3 Å². The summed E-state index contributed by atoms with van der Waals surface area (Å²) in [6, 6.07) is 5.82. The van der Waals surface area contributed by atoms with Crippen molar-refractivity contribution in [1.82, 2.24) is 19.9 Å². The number of nitrogens with two attached hydrogens (primary N) is 1. The molecule has 0 radical (unpaired) electrons. The van der Waals surface area contributed by atoms with Crippen molar-refractivity contribution < 1.29 is 9.18 Å². The van der Waals surface area contributed by atoms with Gasteiger partial charge in [0.15, 0.2) is 5.69 Å². The molecule has 1 fully saturated rings. The summed E-state index contributed by atoms with van der Waals surface area (Å²) in [4.78, 5) is 14.5. The average Bonchev–Trinajstić information content (AvgIpc) is 3.04. The number of carbonyl (C=O) groups excluding carboxylic acids is 1. The molecule has 0 aliphatic carbocycles. The van der Waals surface area contributed by atoms with E-state index < -0.39 is 0 Å². The summed E-state index contributed by atoms with van der Waals surface area (Å²) in [6.07, 6.45) is 4.54. The number of rotatable bonds is 3. The van der Waals surface area contributed by atoms with Crippen molar-refractivity contribution in [2.24, 2.45) is 5.73 Å². The van der Waals surface area contributed by atoms with Crippen LogP contribution in [0.3, 0.4) is 0 Å². The SMILES string of the molecule is CC(N)C1CCCCN1C(=O)c1cn(-c2ccc(F)cc2)nn1. The van der Waals surface area contributed by atoms with Crippen molar-refractivity contribution in [2.75, 3.05) is 6.54 Å². The first-order chi connectivity index (χ1) is 11.1. The number of benzene rings is 1. The lowest BCUT2D eigenvalue weighted by Gasteiger charge is -2.37. The molecule has 1 aliphatic heterocycles. The molecular weight excluding hydrogens is 297 g/mol. The van der Waals surface area contributed by atoms with Crippen LogP contribution in [-0.2, 0) is 0 Å². The second kappa shape index (κ2) is 6.45. The van der Waals surface area contributed by atoms with E-state index in [0.29, 0.717) is 12.2 Å². The topological polar surface area (TPSA) is 77.0 Å². The molecule has 1 aliphatic rings. The van der Waals surface area contributed by atoms with Crippen molar-refractivity contribution in [3.8, 4) is 5.69 Å². The van der Waals surface area contributed by atoms with Crippen LogP contribution >= 0.6 is 0 Å². The zero-order chi connectivity index (χ0) is 16.4. The molecule has 1 amide bonds. The maximum Gasteiger partial charge on any atom is 0.276 e. The molecule has 0 saturated carbocycles. The highest BCUT2D eigenvalue weighted by atomic mass is 19.1. The largest absolute Gasteiger partial charge is 0.333 e. The van der Waals surface area contributed by atoms with Gasteiger partial charge in [-0.2, -0.15) is 0 Å². The summed E-state index contributed by atoms with van der Waals surface area (Å²) < 4.78 is 14.4. The molecule has 6 nitrogen and oxygen atoms in total. The van der Waals surface area contributed by atoms with Crippen LogP contribution in [0.5, 0.6) is 0 Å². The van der Waals surface area contributed by atoms with Crippen LogP contribution in [0.2, 0.25) is 0 Å². The standard InChI is InChI=1S/C16H20FN5O/c1-11(18)15-4-2-3-9-21(15)16(23)14-10-22(20-19-14)13-7-5-12(17)6-8-13/h5-8,10-11,15H,2-4,9,18H2,1H3. The molecule has 1 aromatic carbocycles. The molecule has 2 unspecified atom stereocenters. The van der Waals surface area contributed by atoms with Gasteiger partial charge in [-0.1, -0.05) is 5.21 Å². The van der Waals surface area contributed by atoms with Gasteiger partial charge in [0.05, 0.1) is 11.9 Å². The normalized spacial score (nSPS) is 19.6. The van der Waals surface area contributed by atoms with Gasteiger partial charge in [0.1, 0.15) is 5.82 Å². The fraction of sp³-hybridized carbons (Fsp3) is 0.438. The van der Waals surface area contributed by atoms with Crippen molar-refractivity contribution in [2.45, 2.75) is 38.3 Å². The Morgan fingerprint density at radius 2 is 2.09 bits per heavy atom. The summed E-state index contributed by atoms with van der Waals surface area (Å²) in [6.45, 7) is 2.61. The zero-order valence-corrected chi connectivity index (χ0v) is 13.0. The highest BCUT2D eigenvalue weighted by Crippen LogP contribution is 2.21. The summed E-state index contributed by atoms with van der Waals surface area (Å²) in [5.41, 5.74) is 6.95. The molecule has 1 saturated heterocycles. The van der Waals surface area contributed by atoms with Gasteiger partial charge in [-0.3, -0.25) is 4.79 Å². The first kappa shape index (κ1) is 15.6. The molecule has 122 valence electrons. The Bertz CT molecular complexity index is 682. The smallest absolute Gasteiger partial charge is 0.276 e. The van der Waals surface area contributed by atoms with Crippen LogP contribution < -0.4 is 5.73 Å². The first-order valence-electron chi connectivity index (χ1n) is 7.81. The Balaban J connectivity index is 1.81. The molecule has 3 rings (SSSR count). The second-order valence-electron chi connectivity index (χ2n) is 5.95. The molecule has 2 N–H and O–H groups in total. The zero-order valence-electron chi connectivity index (χ0n) is 13.0. The van der Waals surface area contributed by atoms with Crippen molar-refractivity contribution in [3.63, 3.8) is 0 Å². The van der Waals surface area contributed by atoms with Gasteiger partial charge < -0.3 is 10.6 Å². The van der Waals surface area contributed by atoms with E-state index in [1.165, 1.54) is 16.8 Å². The average molecular weight is 317 g/mol. The summed E-state index contributed by atoms with van der Waals surface area (Å²) in [5, 5.41) is 7.94. The Morgan fingerprint density at radius 3 is 2.78 bits per heavy atom. The second-order valence-corrected chi connectivity index (χ2v) is 5.95. The fourth-order valence-electron chi connectivity index (χ4n) is 2.99. The monoisotopic (exact) mass is 317 g/mol. The lowest BCUT2D eigenvalue weighted by atomic mass is 9.96. The third-order valence-electron chi connectivity index (χ3n) is 4.22. The number of hydrogen-bond acceptors (Lipinski definition) is 4. The number of carbonyl (C=O) groups is 1. The highest BCUT2D eigenvalue weighted by Gasteiger charge is 2.31. The molecule has 1 aromatic heterocycles. The third-order valence-corrected chi connectivity index (χ3v) is 4.22. The van der Waals surface area contributed by atoms with Gasteiger partial charge in [-0.05, 0) is 50.5 Å². The third kappa shape index (κ3) is 3.24. The van der Waals surface area contributed by atoms with E-state index in [1.807, 2.05) is 6.92 Å². The van der Waals surface area contributed by atoms with Crippen molar-refractivity contribution in [3.05, 3.63) is 42.0 Å². The predicted molar refractivity (Wildman–Crippen MR) is 83.6 cm³/mol. The van der Waals surface area contributed by atoms with Crippen LogP contribution in [-0.4, -0.2) is 44.4 Å². The van der Waals surface area contributed by atoms with E-state index in [4.69, 9.17) is 5.73 Å². The number of piperidine rings is 1. The minimum absolute atomic E-state index is 0.0345. The summed E-state index contributed by atoms with van der Waals surface area (Å²) in [7, 11) is 0. The van der Waals surface area contributed by atoms with Gasteiger partial charge in [-0.25, -0.2) is 9.07 Å². The molecule has 23 heavy (non-hydrogen) atoms. The minimum Gasteiger partial charge on any atom is -0.333 e. The molecule has 0 spiro atoms. The Morgan fingerprint density at radius 1 is 1.35 bits per heavy atom. The van der Waals surface area contributed by atoms with Crippen LogP contribution in [0.4, 0.5) is 4.39 Å². The lowest BCUT2D eigenvalue weighted by molar-refractivity contribution is 0.0577. The first-order valence-corrected chi connectivity index (χ1v) is 7.81. The number of halogens is 1. The Labute approximate surface area is 134 Å². The van der Waals surface area contributed by atoms with Crippen LogP contribution in [0.15, 0.2) is 30.5 Å². The summed E-state index contributed by atoms with van der Waals surface area (Å²) >= 11 is 0. The van der Waals surface area contributed by atoms with Crippen LogP contribution in [0.25, 0.3) is 5.69 Å². The Kier molecular flexibility index (Phi) is 4.38. The summed E-state index contributed by atoms with van der Waals surface area (Å²) in [5.74, 6) is -0.474. The lowest BCUT2D eigenvalue weighted by Crippen LogP contribution is -2.51. The number of amides is 1. The van der Waals surface area contributed by atoms with Gasteiger partial charge in [0.25, 0.3) is 5.91 Å². The van der Waals surface area contributed by atoms with Gasteiger partial charge in [0.2, 0.25) is 0 Å². The van der Waals surface area contributed by atoms with E-state index in [9.17, 15) is 9.18 Å². The van der Waals surface area contributed by atoms with Crippen LogP contribution in [0, 0.1) is 5.82 Å². The van der Waals surface area contributed by atoms with E-state index in [-0.39, 0.29) is 29.5 Å². The minimum atomic E-state index is -0.321. The number of aromatic nitrogens is 3. The molecule has 2 heterocycles. The molecule has 2 atom stereocenters. The van der Waals surface area contributed by atoms with Crippen molar-refractivity contribution >= 4 is 5.91 Å². The number of nitrogens with zero attached hydrogens (tertiary/aromatic N) is 4. The van der Waals surface area contributed by atoms with Gasteiger partial charge >= 0.3 is 0 Å². The maximum atomic E-state index is 13.0. The van der Waals surface area contributed by atoms with E-state index >= 15 is 0 Å². The predicted octanol–water partition coefficient (Wildman–Crippen LogP) is 1.75. The molecular formula is C16H20FN5O. The quantitative estimate of drug-likeness (QED) is 0.935. The number of likely N-dealkylation sites (tertiary alicyclic amines) is 1. The number of hydrogen-bond donors (Lipinski definition) is 1. The maximum absolute atomic E-state index is 13.0. The van der Waals surface area contributed by atoms with Crippen molar-refractivity contribution in [1.29, 1.82) is 0 Å². The molecule has 7 heteroatoms. The van der Waals surface area contributed by atoms with Crippen LogP contribution in [0.1, 0.15) is 36.7 Å². The Hall–Kier alpha value is -2.28. The van der Waals surface area contributed by atoms with E-state index in [1.54, 1.807) is 23.2 Å². The fourth-order valence-corrected chi connectivity index (χ4v) is 2.99. The highest BCUT2D eigenvalue weighted by molar-refractivity contribution is 5.92.